The van der Waals surface area contributed by atoms with E-state index in [1.807, 2.05) is 46.8 Å². The second-order valence-corrected chi connectivity index (χ2v) is 5.50. The van der Waals surface area contributed by atoms with Crippen LogP contribution in [0.2, 0.25) is 0 Å². The number of alkyl carbamates (subject to hydrolysis) is 1. The van der Waals surface area contributed by atoms with Gasteiger partial charge in [0.15, 0.2) is 0 Å². The van der Waals surface area contributed by atoms with E-state index in [0.29, 0.717) is 6.54 Å². The van der Waals surface area contributed by atoms with Crippen LogP contribution >= 0.6 is 0 Å². The number of anilines is 1. The monoisotopic (exact) mass is 250 g/mol. The van der Waals surface area contributed by atoms with Gasteiger partial charge in [-0.3, -0.25) is 0 Å². The molecule has 0 spiro atoms. The molecule has 0 aliphatic heterocycles. The zero-order chi connectivity index (χ0) is 13.9. The summed E-state index contributed by atoms with van der Waals surface area (Å²) in [6, 6.07) is 3.94. The molecule has 1 aromatic rings. The predicted octanol–water partition coefficient (Wildman–Crippen LogP) is 2.91. The van der Waals surface area contributed by atoms with Crippen molar-refractivity contribution < 1.29 is 9.53 Å². The molecule has 0 bridgehead atoms. The van der Waals surface area contributed by atoms with E-state index in [1.165, 1.54) is 0 Å². The van der Waals surface area contributed by atoms with Gasteiger partial charge in [0.05, 0.1) is 0 Å². The molecule has 0 fully saturated rings. The average Bonchev–Trinajstić information content (AvgIpc) is 2.20. The van der Waals surface area contributed by atoms with Crippen LogP contribution in [0.15, 0.2) is 12.1 Å². The average molecular weight is 250 g/mol. The lowest BCUT2D eigenvalue weighted by molar-refractivity contribution is 0.0523. The summed E-state index contributed by atoms with van der Waals surface area (Å²) in [6.45, 7) is 9.87. The van der Waals surface area contributed by atoms with E-state index in [0.717, 1.165) is 22.4 Å². The van der Waals surface area contributed by atoms with Gasteiger partial charge in [-0.05, 0) is 51.3 Å². The van der Waals surface area contributed by atoms with Crippen LogP contribution in [0.4, 0.5) is 10.5 Å². The maximum Gasteiger partial charge on any atom is 0.407 e. The minimum Gasteiger partial charge on any atom is -0.444 e. The lowest BCUT2D eigenvalue weighted by Gasteiger charge is -2.19. The number of nitrogens with two attached hydrogens (primary N) is 1. The summed E-state index contributed by atoms with van der Waals surface area (Å²) >= 11 is 0. The largest absolute Gasteiger partial charge is 0.444 e. The van der Waals surface area contributed by atoms with E-state index in [4.69, 9.17) is 10.5 Å². The first kappa shape index (κ1) is 14.4. The number of ether oxygens (including phenoxy) is 1. The number of carbonyl (C=O) groups is 1. The Bertz CT molecular complexity index is 425. The standard InChI is InChI=1S/C14H22N2O2/c1-9-6-11(7-10(2)12(9)15)8-16-13(17)18-14(3,4)5/h6-7H,8,15H2,1-5H3,(H,16,17). The molecule has 0 saturated carbocycles. The molecule has 0 heterocycles. The summed E-state index contributed by atoms with van der Waals surface area (Å²) in [5, 5.41) is 2.73. The molecule has 1 amide bonds. The van der Waals surface area contributed by atoms with Crippen molar-refractivity contribution in [2.24, 2.45) is 0 Å². The Morgan fingerprint density at radius 2 is 1.78 bits per heavy atom. The molecule has 0 aromatic heterocycles. The molecule has 18 heavy (non-hydrogen) atoms. The van der Waals surface area contributed by atoms with Crippen molar-refractivity contribution in [2.45, 2.75) is 46.8 Å². The zero-order valence-electron chi connectivity index (χ0n) is 11.8. The fraction of sp³-hybridized carbons (Fsp3) is 0.500. The molecule has 4 nitrogen and oxygen atoms in total. The van der Waals surface area contributed by atoms with Crippen LogP contribution in [-0.2, 0) is 11.3 Å². The fourth-order valence-corrected chi connectivity index (χ4v) is 1.65. The van der Waals surface area contributed by atoms with Gasteiger partial charge in [0.25, 0.3) is 0 Å². The van der Waals surface area contributed by atoms with E-state index < -0.39 is 11.7 Å². The topological polar surface area (TPSA) is 64.3 Å². The maximum absolute atomic E-state index is 11.5. The third-order valence-electron chi connectivity index (χ3n) is 2.49. The van der Waals surface area contributed by atoms with Gasteiger partial charge in [-0.1, -0.05) is 12.1 Å². The van der Waals surface area contributed by atoms with E-state index in [1.54, 1.807) is 0 Å². The molecule has 3 N–H and O–H groups in total. The molecular weight excluding hydrogens is 228 g/mol. The molecule has 0 unspecified atom stereocenters. The number of nitrogen functional groups attached to an aromatic ring is 1. The van der Waals surface area contributed by atoms with Crippen LogP contribution in [0.5, 0.6) is 0 Å². The molecule has 1 aromatic carbocycles. The summed E-state index contributed by atoms with van der Waals surface area (Å²) in [6.07, 6.45) is -0.408. The number of amides is 1. The van der Waals surface area contributed by atoms with Crippen molar-refractivity contribution in [1.82, 2.24) is 5.32 Å². The highest BCUT2D eigenvalue weighted by atomic mass is 16.6. The van der Waals surface area contributed by atoms with Crippen molar-refractivity contribution >= 4 is 11.8 Å². The molecular formula is C14H22N2O2. The van der Waals surface area contributed by atoms with Gasteiger partial charge in [-0.2, -0.15) is 0 Å². The number of benzene rings is 1. The molecule has 0 radical (unpaired) electrons. The second-order valence-electron chi connectivity index (χ2n) is 5.50. The Hall–Kier alpha value is -1.71. The van der Waals surface area contributed by atoms with E-state index in [9.17, 15) is 4.79 Å². The van der Waals surface area contributed by atoms with Gasteiger partial charge in [-0.25, -0.2) is 4.79 Å². The third-order valence-corrected chi connectivity index (χ3v) is 2.49. The van der Waals surface area contributed by atoms with Crippen LogP contribution in [-0.4, -0.2) is 11.7 Å². The summed E-state index contributed by atoms with van der Waals surface area (Å²) in [5.41, 5.74) is 9.27. The van der Waals surface area contributed by atoms with Gasteiger partial charge in [0.1, 0.15) is 5.60 Å². The zero-order valence-corrected chi connectivity index (χ0v) is 11.8. The van der Waals surface area contributed by atoms with E-state index >= 15 is 0 Å². The highest BCUT2D eigenvalue weighted by Crippen LogP contribution is 2.18. The van der Waals surface area contributed by atoms with Crippen LogP contribution in [0.3, 0.4) is 0 Å². The van der Waals surface area contributed by atoms with Gasteiger partial charge >= 0.3 is 6.09 Å². The molecule has 0 aliphatic rings. The summed E-state index contributed by atoms with van der Waals surface area (Å²) < 4.78 is 5.17. The molecule has 100 valence electrons. The third kappa shape index (κ3) is 4.28. The van der Waals surface area contributed by atoms with Gasteiger partial charge in [0.2, 0.25) is 0 Å². The van der Waals surface area contributed by atoms with Crippen molar-refractivity contribution in [3.05, 3.63) is 28.8 Å². The number of hydrogen-bond acceptors (Lipinski definition) is 3. The van der Waals surface area contributed by atoms with Gasteiger partial charge in [0, 0.05) is 12.2 Å². The Morgan fingerprint density at radius 1 is 1.28 bits per heavy atom. The first-order valence-electron chi connectivity index (χ1n) is 6.01. The number of nitrogens with one attached hydrogen (secondary N) is 1. The highest BCUT2D eigenvalue weighted by Gasteiger charge is 2.15. The Morgan fingerprint density at radius 3 is 2.22 bits per heavy atom. The SMILES string of the molecule is Cc1cc(CNC(=O)OC(C)(C)C)cc(C)c1N. The smallest absolute Gasteiger partial charge is 0.407 e. The Labute approximate surface area is 109 Å². The highest BCUT2D eigenvalue weighted by molar-refractivity contribution is 5.67. The van der Waals surface area contributed by atoms with Crippen molar-refractivity contribution in [2.75, 3.05) is 5.73 Å². The number of carbonyl (C=O) groups excluding carboxylic acids is 1. The predicted molar refractivity (Wildman–Crippen MR) is 73.4 cm³/mol. The number of aryl methyl sites for hydroxylation is 2. The van der Waals surface area contributed by atoms with Gasteiger partial charge in [-0.15, -0.1) is 0 Å². The first-order valence-corrected chi connectivity index (χ1v) is 6.01. The Kier molecular flexibility index (Phi) is 4.22. The van der Waals surface area contributed by atoms with E-state index in [-0.39, 0.29) is 0 Å². The van der Waals surface area contributed by atoms with Crippen LogP contribution in [0, 0.1) is 13.8 Å². The van der Waals surface area contributed by atoms with Crippen molar-refractivity contribution in [3.8, 4) is 0 Å². The lowest BCUT2D eigenvalue weighted by Crippen LogP contribution is -2.32. The molecule has 1 rings (SSSR count). The first-order chi connectivity index (χ1) is 8.19. The summed E-state index contributed by atoms with van der Waals surface area (Å²) in [7, 11) is 0. The summed E-state index contributed by atoms with van der Waals surface area (Å²) in [4.78, 5) is 11.5. The normalized spacial score (nSPS) is 11.2. The molecule has 0 aliphatic carbocycles. The molecule has 4 heteroatoms. The second kappa shape index (κ2) is 5.29. The number of rotatable bonds is 2. The fourth-order valence-electron chi connectivity index (χ4n) is 1.65. The molecule has 0 atom stereocenters. The van der Waals surface area contributed by atoms with Gasteiger partial charge < -0.3 is 15.8 Å². The Balaban J connectivity index is 2.62. The molecule has 0 saturated heterocycles. The summed E-state index contributed by atoms with van der Waals surface area (Å²) in [5.74, 6) is 0. The van der Waals surface area contributed by atoms with Crippen LogP contribution < -0.4 is 11.1 Å². The van der Waals surface area contributed by atoms with Crippen molar-refractivity contribution in [3.63, 3.8) is 0 Å². The van der Waals surface area contributed by atoms with Crippen LogP contribution in [0.1, 0.15) is 37.5 Å². The number of hydrogen-bond donors (Lipinski definition) is 2. The minimum absolute atomic E-state index is 0.408. The maximum atomic E-state index is 11.5. The van der Waals surface area contributed by atoms with Crippen LogP contribution in [0.25, 0.3) is 0 Å². The quantitative estimate of drug-likeness (QED) is 0.793. The lowest BCUT2D eigenvalue weighted by atomic mass is 10.0. The van der Waals surface area contributed by atoms with E-state index in [2.05, 4.69) is 5.32 Å². The van der Waals surface area contributed by atoms with Crippen molar-refractivity contribution in [1.29, 1.82) is 0 Å². The minimum atomic E-state index is -0.475.